The molecule has 1 aliphatic heterocycles. The molecule has 1 heterocycles. The van der Waals surface area contributed by atoms with Gasteiger partial charge in [0.1, 0.15) is 0 Å². The topological polar surface area (TPSA) is 50.7 Å². The molecule has 0 radical (unpaired) electrons. The van der Waals surface area contributed by atoms with Gasteiger partial charge in [-0.2, -0.15) is 0 Å². The van der Waals surface area contributed by atoms with Crippen LogP contribution in [0.3, 0.4) is 0 Å². The van der Waals surface area contributed by atoms with Crippen molar-refractivity contribution in [3.8, 4) is 11.5 Å². The van der Waals surface area contributed by atoms with Crippen LogP contribution in [0.4, 0.5) is 0 Å². The zero-order chi connectivity index (χ0) is 13.9. The molecular formula is C15H23NO3. The molecule has 19 heavy (non-hydrogen) atoms. The Morgan fingerprint density at radius 2 is 1.89 bits per heavy atom. The number of fused-ring (bicyclic) bond motifs is 1. The molecule has 4 nitrogen and oxygen atoms in total. The lowest BCUT2D eigenvalue weighted by Crippen LogP contribution is -2.38. The first-order valence-corrected chi connectivity index (χ1v) is 6.78. The Morgan fingerprint density at radius 3 is 2.58 bits per heavy atom. The molecule has 0 aliphatic carbocycles. The molecule has 0 saturated carbocycles. The molecule has 0 amide bonds. The average molecular weight is 265 g/mol. The quantitative estimate of drug-likeness (QED) is 0.880. The fourth-order valence-corrected chi connectivity index (χ4v) is 1.91. The van der Waals surface area contributed by atoms with Crippen molar-refractivity contribution < 1.29 is 14.6 Å². The number of nitrogens with one attached hydrogen (secondary N) is 1. The Kier molecular flexibility index (Phi) is 4.32. The predicted molar refractivity (Wildman–Crippen MR) is 74.8 cm³/mol. The van der Waals surface area contributed by atoms with Gasteiger partial charge in [0.15, 0.2) is 11.5 Å². The lowest BCUT2D eigenvalue weighted by Gasteiger charge is -2.23. The summed E-state index contributed by atoms with van der Waals surface area (Å²) in [6, 6.07) is 5.63. The Hall–Kier alpha value is -1.26. The number of hydrogen-bond donors (Lipinski definition) is 2. The number of ether oxygens (including phenoxy) is 2. The van der Waals surface area contributed by atoms with Crippen LogP contribution >= 0.6 is 0 Å². The number of rotatable bonds is 3. The second kappa shape index (κ2) is 5.80. The Labute approximate surface area is 114 Å². The summed E-state index contributed by atoms with van der Waals surface area (Å²) in [5.41, 5.74) is 0.840. The highest BCUT2D eigenvalue weighted by Crippen LogP contribution is 2.32. The van der Waals surface area contributed by atoms with E-state index in [2.05, 4.69) is 26.1 Å². The van der Waals surface area contributed by atoms with Gasteiger partial charge >= 0.3 is 0 Å². The van der Waals surface area contributed by atoms with Gasteiger partial charge in [-0.25, -0.2) is 0 Å². The van der Waals surface area contributed by atoms with Gasteiger partial charge in [0, 0.05) is 18.5 Å². The molecule has 0 fully saturated rings. The van der Waals surface area contributed by atoms with E-state index < -0.39 is 6.10 Å². The van der Waals surface area contributed by atoms with Gasteiger partial charge < -0.3 is 19.9 Å². The molecule has 0 saturated heterocycles. The minimum absolute atomic E-state index is 0.00766. The van der Waals surface area contributed by atoms with E-state index in [1.54, 1.807) is 0 Å². The molecule has 106 valence electrons. The van der Waals surface area contributed by atoms with Gasteiger partial charge in [0.25, 0.3) is 0 Å². The van der Waals surface area contributed by atoms with Crippen LogP contribution in [-0.4, -0.2) is 30.4 Å². The van der Waals surface area contributed by atoms with E-state index >= 15 is 0 Å². The summed E-state index contributed by atoms with van der Waals surface area (Å²) in [6.07, 6.45) is 0.342. The fourth-order valence-electron chi connectivity index (χ4n) is 1.91. The lowest BCUT2D eigenvalue weighted by atomic mass is 10.1. The summed E-state index contributed by atoms with van der Waals surface area (Å²) in [7, 11) is 0. The molecule has 4 heteroatoms. The van der Waals surface area contributed by atoms with E-state index in [0.717, 1.165) is 23.5 Å². The number of hydrogen-bond acceptors (Lipinski definition) is 4. The molecule has 1 aliphatic rings. The first-order valence-electron chi connectivity index (χ1n) is 6.78. The van der Waals surface area contributed by atoms with Crippen molar-refractivity contribution in [1.29, 1.82) is 0 Å². The van der Waals surface area contributed by atoms with Crippen molar-refractivity contribution in [3.63, 3.8) is 0 Å². The van der Waals surface area contributed by atoms with Crippen molar-refractivity contribution in [1.82, 2.24) is 5.32 Å². The number of aliphatic hydroxyl groups excluding tert-OH is 1. The second-order valence-electron chi connectivity index (χ2n) is 5.90. The van der Waals surface area contributed by atoms with Crippen LogP contribution in [0.15, 0.2) is 18.2 Å². The minimum Gasteiger partial charge on any atom is -0.490 e. The maximum Gasteiger partial charge on any atom is 0.161 e. The highest BCUT2D eigenvalue weighted by atomic mass is 16.5. The molecule has 0 spiro atoms. The highest BCUT2D eigenvalue weighted by Gasteiger charge is 2.16. The molecule has 2 N–H and O–H groups in total. The fraction of sp³-hybridized carbons (Fsp3) is 0.600. The van der Waals surface area contributed by atoms with Crippen molar-refractivity contribution in [2.24, 2.45) is 0 Å². The first kappa shape index (κ1) is 14.2. The monoisotopic (exact) mass is 265 g/mol. The van der Waals surface area contributed by atoms with E-state index in [0.29, 0.717) is 19.8 Å². The van der Waals surface area contributed by atoms with Crippen LogP contribution in [0.5, 0.6) is 11.5 Å². The van der Waals surface area contributed by atoms with Crippen LogP contribution in [-0.2, 0) is 0 Å². The standard InChI is InChI=1S/C15H23NO3/c1-15(2,3)16-10-12(17)11-5-6-13-14(9-11)19-8-4-7-18-13/h5-6,9,12,16-17H,4,7-8,10H2,1-3H3. The summed E-state index contributed by atoms with van der Waals surface area (Å²) >= 11 is 0. The SMILES string of the molecule is CC(C)(C)NCC(O)c1ccc2c(c1)OCCCO2. The molecule has 1 aromatic carbocycles. The normalized spacial score (nSPS) is 16.8. The number of benzene rings is 1. The summed E-state index contributed by atoms with van der Waals surface area (Å²) < 4.78 is 11.2. The predicted octanol–water partition coefficient (Wildman–Crippen LogP) is 2.27. The minimum atomic E-state index is -0.545. The molecule has 0 bridgehead atoms. The summed E-state index contributed by atoms with van der Waals surface area (Å²) in [5.74, 6) is 1.49. The molecule has 2 rings (SSSR count). The second-order valence-corrected chi connectivity index (χ2v) is 5.90. The number of aliphatic hydroxyl groups is 1. The van der Waals surface area contributed by atoms with Crippen LogP contribution in [0.1, 0.15) is 38.9 Å². The maximum atomic E-state index is 10.2. The Morgan fingerprint density at radius 1 is 1.21 bits per heavy atom. The largest absolute Gasteiger partial charge is 0.490 e. The van der Waals surface area contributed by atoms with Gasteiger partial charge in [-0.3, -0.25) is 0 Å². The van der Waals surface area contributed by atoms with Crippen LogP contribution in [0.25, 0.3) is 0 Å². The van der Waals surface area contributed by atoms with Gasteiger partial charge in [-0.15, -0.1) is 0 Å². The molecule has 1 atom stereocenters. The van der Waals surface area contributed by atoms with Gasteiger partial charge in [-0.1, -0.05) is 6.07 Å². The zero-order valence-electron chi connectivity index (χ0n) is 11.9. The van der Waals surface area contributed by atoms with E-state index in [1.807, 2.05) is 18.2 Å². The Balaban J connectivity index is 2.06. The summed E-state index contributed by atoms with van der Waals surface area (Å²) in [5, 5.41) is 13.5. The van der Waals surface area contributed by atoms with E-state index in [9.17, 15) is 5.11 Å². The van der Waals surface area contributed by atoms with Gasteiger partial charge in [0.05, 0.1) is 19.3 Å². The van der Waals surface area contributed by atoms with Crippen molar-refractivity contribution in [2.75, 3.05) is 19.8 Å². The summed E-state index contributed by atoms with van der Waals surface area (Å²) in [4.78, 5) is 0. The maximum absolute atomic E-state index is 10.2. The first-order chi connectivity index (χ1) is 8.96. The van der Waals surface area contributed by atoms with E-state index in [1.165, 1.54) is 0 Å². The van der Waals surface area contributed by atoms with E-state index in [-0.39, 0.29) is 5.54 Å². The Bertz CT molecular complexity index is 426. The van der Waals surface area contributed by atoms with Crippen LogP contribution in [0, 0.1) is 0 Å². The van der Waals surface area contributed by atoms with Crippen LogP contribution in [0.2, 0.25) is 0 Å². The third-order valence-corrected chi connectivity index (χ3v) is 2.98. The number of β-amino-alcohol motifs (C(OH)–C–C–N with tert-alkyl or cyclic N) is 1. The van der Waals surface area contributed by atoms with E-state index in [4.69, 9.17) is 9.47 Å². The van der Waals surface area contributed by atoms with Crippen molar-refractivity contribution in [2.45, 2.75) is 38.8 Å². The molecule has 1 unspecified atom stereocenters. The smallest absolute Gasteiger partial charge is 0.161 e. The van der Waals surface area contributed by atoms with Crippen molar-refractivity contribution >= 4 is 0 Å². The average Bonchev–Trinajstić information content (AvgIpc) is 2.59. The van der Waals surface area contributed by atoms with Gasteiger partial charge in [0.2, 0.25) is 0 Å². The molecular weight excluding hydrogens is 242 g/mol. The van der Waals surface area contributed by atoms with Gasteiger partial charge in [-0.05, 0) is 38.5 Å². The summed E-state index contributed by atoms with van der Waals surface area (Å²) in [6.45, 7) is 8.09. The molecule has 0 aromatic heterocycles. The van der Waals surface area contributed by atoms with Crippen LogP contribution < -0.4 is 14.8 Å². The third kappa shape index (κ3) is 4.11. The van der Waals surface area contributed by atoms with Crippen molar-refractivity contribution in [3.05, 3.63) is 23.8 Å². The highest BCUT2D eigenvalue weighted by molar-refractivity contribution is 5.44. The zero-order valence-corrected chi connectivity index (χ0v) is 11.9. The molecule has 1 aromatic rings. The third-order valence-electron chi connectivity index (χ3n) is 2.98. The lowest BCUT2D eigenvalue weighted by molar-refractivity contribution is 0.163.